The molecule has 3 rings (SSSR count). The van der Waals surface area contributed by atoms with Gasteiger partial charge in [0.2, 0.25) is 5.89 Å². The Morgan fingerprint density at radius 1 is 1.24 bits per heavy atom. The van der Waals surface area contributed by atoms with Gasteiger partial charge in [0.15, 0.2) is 5.82 Å². The highest BCUT2D eigenvalue weighted by Gasteiger charge is 2.14. The van der Waals surface area contributed by atoms with Gasteiger partial charge in [-0.1, -0.05) is 35.0 Å². The van der Waals surface area contributed by atoms with Crippen LogP contribution in [-0.4, -0.2) is 16.0 Å². The normalized spacial score (nSPS) is 10.7. The molecule has 128 valence electrons. The van der Waals surface area contributed by atoms with Crippen molar-refractivity contribution in [3.05, 3.63) is 70.3 Å². The van der Waals surface area contributed by atoms with Gasteiger partial charge in [-0.2, -0.15) is 4.98 Å². The second-order valence-electron chi connectivity index (χ2n) is 5.43. The molecule has 0 saturated carbocycles. The van der Waals surface area contributed by atoms with Crippen molar-refractivity contribution >= 4 is 35.0 Å². The number of carbonyl (C=O) groups excluding carboxylic acids is 1. The molecule has 0 aliphatic heterocycles. The molecule has 0 spiro atoms. The molecule has 1 N–H and O–H groups in total. The molecule has 0 aliphatic carbocycles. The lowest BCUT2D eigenvalue weighted by Gasteiger charge is -2.11. The molecule has 1 heterocycles. The van der Waals surface area contributed by atoms with Crippen LogP contribution in [0.5, 0.6) is 0 Å². The minimum absolute atomic E-state index is 0.185. The summed E-state index contributed by atoms with van der Waals surface area (Å²) in [5.74, 6) is 1.44. The van der Waals surface area contributed by atoms with Crippen LogP contribution < -0.4 is 5.32 Å². The number of hydrogen-bond donors (Lipinski definition) is 1. The molecule has 0 bridgehead atoms. The predicted octanol–water partition coefficient (Wildman–Crippen LogP) is 4.88. The van der Waals surface area contributed by atoms with E-state index in [2.05, 4.69) is 15.5 Å². The number of thioether (sulfide) groups is 1. The van der Waals surface area contributed by atoms with E-state index in [1.165, 1.54) is 11.8 Å². The number of nitrogens with one attached hydrogen (secondary N) is 1. The third-order valence-electron chi connectivity index (χ3n) is 3.50. The fraction of sp³-hybridized carbons (Fsp3) is 0.167. The summed E-state index contributed by atoms with van der Waals surface area (Å²) in [6.45, 7) is 3.69. The Balaban J connectivity index is 1.77. The zero-order chi connectivity index (χ0) is 17.8. The number of aryl methyl sites for hydroxylation is 2. The first-order valence-corrected chi connectivity index (χ1v) is 8.98. The van der Waals surface area contributed by atoms with Crippen LogP contribution in [0.1, 0.15) is 27.6 Å². The first kappa shape index (κ1) is 17.5. The van der Waals surface area contributed by atoms with Gasteiger partial charge in [0, 0.05) is 15.6 Å². The molecule has 25 heavy (non-hydrogen) atoms. The highest BCUT2D eigenvalue weighted by molar-refractivity contribution is 7.98. The van der Waals surface area contributed by atoms with Gasteiger partial charge in [-0.3, -0.25) is 4.79 Å². The van der Waals surface area contributed by atoms with Gasteiger partial charge >= 0.3 is 0 Å². The quantitative estimate of drug-likeness (QED) is 0.645. The summed E-state index contributed by atoms with van der Waals surface area (Å²) in [5.41, 5.74) is 2.23. The SMILES string of the molecule is Cc1noc(CSc2ccccc2C(=O)Nc2cc(Cl)ccc2C)n1. The van der Waals surface area contributed by atoms with Crippen LogP contribution >= 0.6 is 23.4 Å². The monoisotopic (exact) mass is 373 g/mol. The number of nitrogens with zero attached hydrogens (tertiary/aromatic N) is 2. The van der Waals surface area contributed by atoms with Crippen LogP contribution in [-0.2, 0) is 5.75 Å². The summed E-state index contributed by atoms with van der Waals surface area (Å²) in [4.78, 5) is 17.7. The van der Waals surface area contributed by atoms with Crippen LogP contribution in [0.3, 0.4) is 0 Å². The van der Waals surface area contributed by atoms with Gasteiger partial charge in [-0.25, -0.2) is 0 Å². The first-order valence-electron chi connectivity index (χ1n) is 7.61. The van der Waals surface area contributed by atoms with Crippen molar-refractivity contribution in [3.8, 4) is 0 Å². The highest BCUT2D eigenvalue weighted by Crippen LogP contribution is 2.27. The molecule has 3 aromatic rings. The van der Waals surface area contributed by atoms with E-state index in [4.69, 9.17) is 16.1 Å². The summed E-state index contributed by atoms with van der Waals surface area (Å²) in [5, 5.41) is 7.27. The summed E-state index contributed by atoms with van der Waals surface area (Å²) < 4.78 is 5.11. The summed E-state index contributed by atoms with van der Waals surface area (Å²) in [7, 11) is 0. The minimum atomic E-state index is -0.185. The summed E-state index contributed by atoms with van der Waals surface area (Å²) in [6.07, 6.45) is 0. The maximum absolute atomic E-state index is 12.7. The zero-order valence-corrected chi connectivity index (χ0v) is 15.3. The van der Waals surface area contributed by atoms with Gasteiger partial charge in [-0.05, 0) is 43.7 Å². The van der Waals surface area contributed by atoms with Gasteiger partial charge in [0.25, 0.3) is 5.91 Å². The number of aromatic nitrogens is 2. The standard InChI is InChI=1S/C18H16ClN3O2S/c1-11-7-8-13(19)9-15(11)21-18(23)14-5-3-4-6-16(14)25-10-17-20-12(2)22-24-17/h3-9H,10H2,1-2H3,(H,21,23). The Bertz CT molecular complexity index is 911. The van der Waals surface area contributed by atoms with Gasteiger partial charge < -0.3 is 9.84 Å². The van der Waals surface area contributed by atoms with Crippen molar-refractivity contribution < 1.29 is 9.32 Å². The molecule has 0 fully saturated rings. The van der Waals surface area contributed by atoms with E-state index in [9.17, 15) is 4.79 Å². The van der Waals surface area contributed by atoms with Crippen molar-refractivity contribution in [2.24, 2.45) is 0 Å². The molecular weight excluding hydrogens is 358 g/mol. The Morgan fingerprint density at radius 2 is 2.04 bits per heavy atom. The molecule has 1 aromatic heterocycles. The predicted molar refractivity (Wildman–Crippen MR) is 99.2 cm³/mol. The minimum Gasteiger partial charge on any atom is -0.338 e. The van der Waals surface area contributed by atoms with E-state index in [0.29, 0.717) is 33.7 Å². The number of carbonyl (C=O) groups is 1. The van der Waals surface area contributed by atoms with E-state index in [1.807, 2.05) is 31.2 Å². The number of hydrogen-bond acceptors (Lipinski definition) is 5. The Hall–Kier alpha value is -2.31. The lowest BCUT2D eigenvalue weighted by atomic mass is 10.1. The van der Waals surface area contributed by atoms with Crippen LogP contribution in [0.2, 0.25) is 5.02 Å². The van der Waals surface area contributed by atoms with Crippen LogP contribution in [0.25, 0.3) is 0 Å². The second-order valence-corrected chi connectivity index (χ2v) is 6.89. The number of amides is 1. The van der Waals surface area contributed by atoms with Crippen molar-refractivity contribution in [1.29, 1.82) is 0 Å². The number of rotatable bonds is 5. The molecule has 0 atom stereocenters. The van der Waals surface area contributed by atoms with E-state index < -0.39 is 0 Å². The van der Waals surface area contributed by atoms with E-state index in [1.54, 1.807) is 25.1 Å². The fourth-order valence-electron chi connectivity index (χ4n) is 2.24. The average molecular weight is 374 g/mol. The third-order valence-corrected chi connectivity index (χ3v) is 4.79. The average Bonchev–Trinajstić information content (AvgIpc) is 3.02. The first-order chi connectivity index (χ1) is 12.0. The van der Waals surface area contributed by atoms with Crippen molar-refractivity contribution in [3.63, 3.8) is 0 Å². The molecule has 0 radical (unpaired) electrons. The lowest BCUT2D eigenvalue weighted by Crippen LogP contribution is -2.13. The van der Waals surface area contributed by atoms with E-state index in [0.717, 1.165) is 10.5 Å². The van der Waals surface area contributed by atoms with Gasteiger partial charge in [-0.15, -0.1) is 11.8 Å². The van der Waals surface area contributed by atoms with Gasteiger partial charge in [0.05, 0.1) is 11.3 Å². The maximum atomic E-state index is 12.7. The molecule has 0 saturated heterocycles. The van der Waals surface area contributed by atoms with E-state index in [-0.39, 0.29) is 5.91 Å². The third kappa shape index (κ3) is 4.41. The number of benzene rings is 2. The van der Waals surface area contributed by atoms with Crippen molar-refractivity contribution in [1.82, 2.24) is 10.1 Å². The van der Waals surface area contributed by atoms with Crippen LogP contribution in [0, 0.1) is 13.8 Å². The molecular formula is C18H16ClN3O2S. The second kappa shape index (κ2) is 7.72. The van der Waals surface area contributed by atoms with Crippen molar-refractivity contribution in [2.45, 2.75) is 24.5 Å². The number of halogens is 1. The Labute approximate surface area is 154 Å². The lowest BCUT2D eigenvalue weighted by molar-refractivity contribution is 0.102. The molecule has 1 amide bonds. The molecule has 7 heteroatoms. The Kier molecular flexibility index (Phi) is 5.40. The molecule has 0 aliphatic rings. The van der Waals surface area contributed by atoms with Gasteiger partial charge in [0.1, 0.15) is 0 Å². The van der Waals surface area contributed by atoms with Crippen LogP contribution in [0.15, 0.2) is 51.9 Å². The molecule has 2 aromatic carbocycles. The topological polar surface area (TPSA) is 68.0 Å². The fourth-order valence-corrected chi connectivity index (χ4v) is 3.30. The largest absolute Gasteiger partial charge is 0.338 e. The zero-order valence-electron chi connectivity index (χ0n) is 13.7. The highest BCUT2D eigenvalue weighted by atomic mass is 35.5. The smallest absolute Gasteiger partial charge is 0.256 e. The Morgan fingerprint density at radius 3 is 2.80 bits per heavy atom. The maximum Gasteiger partial charge on any atom is 0.256 e. The van der Waals surface area contributed by atoms with Crippen molar-refractivity contribution in [2.75, 3.05) is 5.32 Å². The summed E-state index contributed by atoms with van der Waals surface area (Å²) >= 11 is 7.49. The van der Waals surface area contributed by atoms with E-state index >= 15 is 0 Å². The molecule has 5 nitrogen and oxygen atoms in total. The summed E-state index contributed by atoms with van der Waals surface area (Å²) in [6, 6.07) is 12.8. The van der Waals surface area contributed by atoms with Crippen LogP contribution in [0.4, 0.5) is 5.69 Å². The molecule has 0 unspecified atom stereocenters. The number of anilines is 1.